The van der Waals surface area contributed by atoms with Gasteiger partial charge < -0.3 is 5.32 Å². The Morgan fingerprint density at radius 3 is 2.48 bits per heavy atom. The van der Waals surface area contributed by atoms with Crippen molar-refractivity contribution in [1.29, 1.82) is 0 Å². The van der Waals surface area contributed by atoms with E-state index in [1.165, 1.54) is 18.2 Å². The number of rotatable bonds is 4. The van der Waals surface area contributed by atoms with Crippen molar-refractivity contribution in [2.75, 3.05) is 10.1 Å². The highest BCUT2D eigenvalue weighted by Gasteiger charge is 2.42. The highest BCUT2D eigenvalue weighted by Crippen LogP contribution is 2.34. The lowest BCUT2D eigenvalue weighted by Crippen LogP contribution is -2.31. The number of nitrogens with one attached hydrogen (secondary N) is 1. The molecule has 1 fully saturated rings. The first-order valence-corrected chi connectivity index (χ1v) is 10.4. The molecule has 1 atom stereocenters. The van der Waals surface area contributed by atoms with Crippen molar-refractivity contribution in [3.05, 3.63) is 64.2 Å². The minimum atomic E-state index is -3.80. The minimum Gasteiger partial charge on any atom is -0.348 e. The number of hydrogen-bond donors (Lipinski definition) is 1. The van der Waals surface area contributed by atoms with Gasteiger partial charge in [-0.1, -0.05) is 48.4 Å². The predicted molar refractivity (Wildman–Crippen MR) is 104 cm³/mol. The lowest BCUT2D eigenvalue weighted by Gasteiger charge is -2.17. The Morgan fingerprint density at radius 1 is 1.22 bits per heavy atom. The second-order valence-electron chi connectivity index (χ2n) is 6.62. The van der Waals surface area contributed by atoms with Crippen molar-refractivity contribution in [1.82, 2.24) is 5.32 Å². The van der Waals surface area contributed by atoms with Gasteiger partial charge in [0.1, 0.15) is 0 Å². The van der Waals surface area contributed by atoms with Crippen LogP contribution in [0.25, 0.3) is 0 Å². The van der Waals surface area contributed by atoms with E-state index in [1.807, 2.05) is 31.2 Å². The van der Waals surface area contributed by atoms with Gasteiger partial charge in [-0.25, -0.2) is 12.7 Å². The summed E-state index contributed by atoms with van der Waals surface area (Å²) in [7, 11) is -3.80. The molecule has 1 saturated heterocycles. The summed E-state index contributed by atoms with van der Waals surface area (Å²) in [6.45, 7) is 3.85. The number of nitrogens with zero attached hydrogens (tertiary/aromatic N) is 1. The third kappa shape index (κ3) is 3.99. The molecule has 1 heterocycles. The van der Waals surface area contributed by atoms with Crippen LogP contribution in [0.2, 0.25) is 5.02 Å². The Bertz CT molecular complexity index is 1000. The Hall–Kier alpha value is -2.38. The summed E-state index contributed by atoms with van der Waals surface area (Å²) in [4.78, 5) is 24.7. The zero-order chi connectivity index (χ0) is 19.8. The number of sulfonamides is 1. The molecule has 8 heteroatoms. The van der Waals surface area contributed by atoms with E-state index in [1.54, 1.807) is 6.92 Å². The van der Waals surface area contributed by atoms with Crippen LogP contribution in [0, 0.1) is 12.8 Å². The normalized spacial score (nSPS) is 18.6. The molecule has 0 aromatic heterocycles. The fraction of sp³-hybridized carbons (Fsp3) is 0.263. The minimum absolute atomic E-state index is 0.00834. The van der Waals surface area contributed by atoms with Crippen molar-refractivity contribution in [2.45, 2.75) is 20.4 Å². The molecule has 2 aromatic rings. The third-order valence-corrected chi connectivity index (χ3v) is 6.54. The average molecular weight is 407 g/mol. The fourth-order valence-electron chi connectivity index (χ4n) is 2.87. The van der Waals surface area contributed by atoms with E-state index in [9.17, 15) is 18.0 Å². The van der Waals surface area contributed by atoms with Crippen LogP contribution >= 0.6 is 11.6 Å². The van der Waals surface area contributed by atoms with Gasteiger partial charge in [-0.2, -0.15) is 0 Å². The number of halogens is 1. The standard InChI is InChI=1S/C19H19ClN2O4S/c1-12-3-5-14(6-4-12)10-21-18(23)15-7-8-16(20)17(9-15)22-19(24)13(2)11-27(22,25)26/h3-9,13H,10-11H2,1-2H3,(H,21,23). The molecule has 27 heavy (non-hydrogen) atoms. The van der Waals surface area contributed by atoms with E-state index in [0.717, 1.165) is 11.1 Å². The summed E-state index contributed by atoms with van der Waals surface area (Å²) >= 11 is 6.12. The summed E-state index contributed by atoms with van der Waals surface area (Å²) < 4.78 is 25.3. The molecular formula is C19H19ClN2O4S. The van der Waals surface area contributed by atoms with Crippen LogP contribution in [0.15, 0.2) is 42.5 Å². The number of amides is 2. The van der Waals surface area contributed by atoms with Gasteiger partial charge in [-0.05, 0) is 30.7 Å². The van der Waals surface area contributed by atoms with E-state index in [4.69, 9.17) is 11.6 Å². The topological polar surface area (TPSA) is 83.6 Å². The molecule has 0 radical (unpaired) electrons. The molecule has 1 aliphatic rings. The van der Waals surface area contributed by atoms with Gasteiger partial charge >= 0.3 is 0 Å². The first-order valence-electron chi connectivity index (χ1n) is 8.39. The maximum absolute atomic E-state index is 12.5. The Labute approximate surface area is 163 Å². The van der Waals surface area contributed by atoms with Crippen LogP contribution < -0.4 is 9.62 Å². The first kappa shape index (κ1) is 19.4. The Kier molecular flexibility index (Phi) is 5.26. The third-order valence-electron chi connectivity index (χ3n) is 4.36. The first-order chi connectivity index (χ1) is 12.7. The molecule has 6 nitrogen and oxygen atoms in total. The lowest BCUT2D eigenvalue weighted by atomic mass is 10.1. The molecule has 0 saturated carbocycles. The van der Waals surface area contributed by atoms with Crippen molar-refractivity contribution >= 4 is 39.1 Å². The van der Waals surface area contributed by atoms with Crippen LogP contribution in [0.1, 0.15) is 28.4 Å². The van der Waals surface area contributed by atoms with Gasteiger partial charge in [0.25, 0.3) is 5.91 Å². The molecule has 1 N–H and O–H groups in total. The van der Waals surface area contributed by atoms with Gasteiger partial charge in [0, 0.05) is 12.1 Å². The summed E-state index contributed by atoms with van der Waals surface area (Å²) in [5.41, 5.74) is 2.30. The van der Waals surface area contributed by atoms with E-state index in [-0.39, 0.29) is 27.9 Å². The molecular weight excluding hydrogens is 388 g/mol. The van der Waals surface area contributed by atoms with Crippen molar-refractivity contribution in [3.63, 3.8) is 0 Å². The summed E-state index contributed by atoms with van der Waals surface area (Å²) in [6, 6.07) is 12.0. The molecule has 0 aliphatic carbocycles. The van der Waals surface area contributed by atoms with Crippen molar-refractivity contribution in [2.24, 2.45) is 5.92 Å². The smallest absolute Gasteiger partial charge is 0.251 e. The van der Waals surface area contributed by atoms with Gasteiger partial charge in [0.15, 0.2) is 0 Å². The number of benzene rings is 2. The van der Waals surface area contributed by atoms with Gasteiger partial charge in [-0.15, -0.1) is 0 Å². The molecule has 0 spiro atoms. The van der Waals surface area contributed by atoms with Gasteiger partial charge in [0.2, 0.25) is 15.9 Å². The van der Waals surface area contributed by atoms with E-state index in [0.29, 0.717) is 10.8 Å². The van der Waals surface area contributed by atoms with Crippen molar-refractivity contribution < 1.29 is 18.0 Å². The summed E-state index contributed by atoms with van der Waals surface area (Å²) in [6.07, 6.45) is 0. The Morgan fingerprint density at radius 2 is 1.89 bits per heavy atom. The molecule has 2 aromatic carbocycles. The van der Waals surface area contributed by atoms with E-state index in [2.05, 4.69) is 5.32 Å². The zero-order valence-corrected chi connectivity index (χ0v) is 16.5. The van der Waals surface area contributed by atoms with Crippen LogP contribution in [0.3, 0.4) is 0 Å². The van der Waals surface area contributed by atoms with Crippen LogP contribution in [-0.4, -0.2) is 26.0 Å². The maximum atomic E-state index is 12.5. The number of aryl methyl sites for hydroxylation is 1. The van der Waals surface area contributed by atoms with Crippen LogP contribution in [0.5, 0.6) is 0 Å². The summed E-state index contributed by atoms with van der Waals surface area (Å²) in [5, 5.41) is 2.87. The highest BCUT2D eigenvalue weighted by molar-refractivity contribution is 7.94. The van der Waals surface area contributed by atoms with Crippen molar-refractivity contribution in [3.8, 4) is 0 Å². The van der Waals surface area contributed by atoms with Gasteiger partial charge in [0.05, 0.1) is 22.4 Å². The molecule has 3 rings (SSSR count). The Balaban J connectivity index is 1.83. The number of carbonyl (C=O) groups is 2. The van der Waals surface area contributed by atoms with Crippen LogP contribution in [0.4, 0.5) is 5.69 Å². The second kappa shape index (κ2) is 7.32. The molecule has 1 aliphatic heterocycles. The average Bonchev–Trinajstić information content (AvgIpc) is 2.82. The SMILES string of the molecule is Cc1ccc(CNC(=O)c2ccc(Cl)c(N3C(=O)C(C)CS3(=O)=O)c2)cc1. The zero-order valence-electron chi connectivity index (χ0n) is 14.9. The fourth-order valence-corrected chi connectivity index (χ4v) is 4.95. The monoisotopic (exact) mass is 406 g/mol. The predicted octanol–water partition coefficient (Wildman–Crippen LogP) is 2.89. The largest absolute Gasteiger partial charge is 0.348 e. The molecule has 0 bridgehead atoms. The highest BCUT2D eigenvalue weighted by atomic mass is 35.5. The van der Waals surface area contributed by atoms with E-state index < -0.39 is 21.8 Å². The maximum Gasteiger partial charge on any atom is 0.251 e. The number of hydrogen-bond acceptors (Lipinski definition) is 4. The lowest BCUT2D eigenvalue weighted by molar-refractivity contribution is -0.119. The van der Waals surface area contributed by atoms with E-state index >= 15 is 0 Å². The number of carbonyl (C=O) groups excluding carboxylic acids is 2. The molecule has 2 amide bonds. The summed E-state index contributed by atoms with van der Waals surface area (Å²) in [5.74, 6) is -1.85. The van der Waals surface area contributed by atoms with Gasteiger partial charge in [-0.3, -0.25) is 9.59 Å². The number of anilines is 1. The molecule has 142 valence electrons. The second-order valence-corrected chi connectivity index (χ2v) is 8.89. The molecule has 1 unspecified atom stereocenters. The quantitative estimate of drug-likeness (QED) is 0.846. The van der Waals surface area contributed by atoms with Crippen LogP contribution in [-0.2, 0) is 21.4 Å².